The number of thiophene rings is 1. The highest BCUT2D eigenvalue weighted by atomic mass is 35.5. The lowest BCUT2D eigenvalue weighted by molar-refractivity contribution is 1.10. The van der Waals surface area contributed by atoms with Crippen molar-refractivity contribution in [3.63, 3.8) is 0 Å². The van der Waals surface area contributed by atoms with Crippen LogP contribution in [0.5, 0.6) is 0 Å². The van der Waals surface area contributed by atoms with Crippen LogP contribution in [-0.2, 0) is 0 Å². The van der Waals surface area contributed by atoms with Gasteiger partial charge in [0.2, 0.25) is 0 Å². The van der Waals surface area contributed by atoms with E-state index in [1.165, 1.54) is 0 Å². The normalized spacial score (nSPS) is 10.7. The Kier molecular flexibility index (Phi) is 2.77. The number of hydrogen-bond donors (Lipinski definition) is 2. The van der Waals surface area contributed by atoms with Crippen LogP contribution in [-0.4, -0.2) is 15.2 Å². The molecule has 3 N–H and O–H groups in total. The minimum atomic E-state index is 0.525. The maximum absolute atomic E-state index is 5.88. The summed E-state index contributed by atoms with van der Waals surface area (Å²) < 4.78 is 0. The molecule has 6 heteroatoms. The number of H-pyrrole nitrogens is 1. The van der Waals surface area contributed by atoms with Crippen LogP contribution in [0.15, 0.2) is 35.7 Å². The van der Waals surface area contributed by atoms with Crippen molar-refractivity contribution in [3.05, 3.63) is 40.7 Å². The van der Waals surface area contributed by atoms with Crippen LogP contribution in [0, 0.1) is 0 Å². The topological polar surface area (TPSA) is 67.6 Å². The lowest BCUT2D eigenvalue weighted by Gasteiger charge is -1.99. The molecular weight excluding hydrogens is 268 g/mol. The van der Waals surface area contributed by atoms with Crippen LogP contribution in [0.25, 0.3) is 22.1 Å². The first-order chi connectivity index (χ1) is 8.74. The van der Waals surface area contributed by atoms with Crippen molar-refractivity contribution in [2.45, 2.75) is 0 Å². The predicted molar refractivity (Wildman–Crippen MR) is 74.6 cm³/mol. The molecule has 0 atom stereocenters. The fourth-order valence-corrected chi connectivity index (χ4v) is 2.38. The summed E-state index contributed by atoms with van der Waals surface area (Å²) in [6.45, 7) is 0. The number of anilines is 1. The number of nitrogens with one attached hydrogen (secondary N) is 1. The zero-order valence-electron chi connectivity index (χ0n) is 9.22. The number of nitrogens with zero attached hydrogens (tertiary/aromatic N) is 2. The van der Waals surface area contributed by atoms with E-state index in [9.17, 15) is 0 Å². The summed E-state index contributed by atoms with van der Waals surface area (Å²) in [6, 6.07) is 9.32. The van der Waals surface area contributed by atoms with Gasteiger partial charge in [-0.3, -0.25) is 5.10 Å². The maximum Gasteiger partial charge on any atom is 0.181 e. The molecule has 0 radical (unpaired) electrons. The van der Waals surface area contributed by atoms with Gasteiger partial charge in [-0.05, 0) is 29.6 Å². The zero-order chi connectivity index (χ0) is 12.5. The molecule has 0 spiro atoms. The van der Waals surface area contributed by atoms with Crippen LogP contribution in [0.4, 0.5) is 5.69 Å². The van der Waals surface area contributed by atoms with Crippen molar-refractivity contribution in [1.29, 1.82) is 0 Å². The fourth-order valence-electron chi connectivity index (χ4n) is 1.60. The molecule has 4 nitrogen and oxygen atoms in total. The molecule has 3 aromatic rings. The molecule has 2 heterocycles. The third-order valence-corrected chi connectivity index (χ3v) is 3.71. The van der Waals surface area contributed by atoms with Crippen molar-refractivity contribution < 1.29 is 0 Å². The van der Waals surface area contributed by atoms with Crippen molar-refractivity contribution >= 4 is 28.6 Å². The molecule has 0 unspecified atom stereocenters. The minimum absolute atomic E-state index is 0.525. The highest BCUT2D eigenvalue weighted by molar-refractivity contribution is 7.13. The predicted octanol–water partition coefficient (Wildman–Crippen LogP) is 3.44. The Balaban J connectivity index is 2.00. The van der Waals surface area contributed by atoms with Gasteiger partial charge in [-0.25, -0.2) is 4.98 Å². The van der Waals surface area contributed by atoms with Crippen molar-refractivity contribution in [2.24, 2.45) is 0 Å². The first kappa shape index (κ1) is 11.3. The van der Waals surface area contributed by atoms with Gasteiger partial charge in [0, 0.05) is 5.56 Å². The molecule has 1 aromatic carbocycles. The molecule has 0 saturated heterocycles. The smallest absolute Gasteiger partial charge is 0.181 e. The molecule has 0 bridgehead atoms. The average molecular weight is 277 g/mol. The second-order valence-electron chi connectivity index (χ2n) is 3.72. The number of halogens is 1. The molecule has 0 amide bonds. The van der Waals surface area contributed by atoms with Gasteiger partial charge in [-0.1, -0.05) is 17.7 Å². The lowest BCUT2D eigenvalue weighted by Crippen LogP contribution is -1.88. The Hall–Kier alpha value is -1.85. The Bertz CT molecular complexity index is 675. The van der Waals surface area contributed by atoms with Gasteiger partial charge in [0.15, 0.2) is 11.6 Å². The third-order valence-electron chi connectivity index (χ3n) is 2.49. The summed E-state index contributed by atoms with van der Waals surface area (Å²) in [5.74, 6) is 1.37. The molecule has 0 saturated carbocycles. The van der Waals surface area contributed by atoms with Crippen LogP contribution in [0.2, 0.25) is 5.02 Å². The van der Waals surface area contributed by atoms with Crippen LogP contribution in [0.1, 0.15) is 0 Å². The summed E-state index contributed by atoms with van der Waals surface area (Å²) in [5.41, 5.74) is 7.13. The molecule has 0 aliphatic rings. The van der Waals surface area contributed by atoms with Crippen molar-refractivity contribution in [3.8, 4) is 22.1 Å². The third kappa shape index (κ3) is 1.98. The first-order valence-corrected chi connectivity index (χ1v) is 6.51. The van der Waals surface area contributed by atoms with Gasteiger partial charge in [-0.2, -0.15) is 5.10 Å². The van der Waals surface area contributed by atoms with E-state index in [0.717, 1.165) is 16.3 Å². The Morgan fingerprint density at radius 3 is 2.89 bits per heavy atom. The lowest BCUT2D eigenvalue weighted by atomic mass is 10.2. The first-order valence-electron chi connectivity index (χ1n) is 5.26. The van der Waals surface area contributed by atoms with E-state index in [2.05, 4.69) is 15.2 Å². The molecular formula is C12H9ClN4S. The highest BCUT2D eigenvalue weighted by Crippen LogP contribution is 2.27. The van der Waals surface area contributed by atoms with Gasteiger partial charge in [0.25, 0.3) is 0 Å². The van der Waals surface area contributed by atoms with Crippen LogP contribution < -0.4 is 5.73 Å². The fraction of sp³-hybridized carbons (Fsp3) is 0. The molecule has 18 heavy (non-hydrogen) atoms. The number of nitrogen functional groups attached to an aromatic ring is 1. The van der Waals surface area contributed by atoms with Crippen molar-refractivity contribution in [1.82, 2.24) is 15.2 Å². The second kappa shape index (κ2) is 4.44. The van der Waals surface area contributed by atoms with Crippen molar-refractivity contribution in [2.75, 3.05) is 5.73 Å². The number of aromatic nitrogens is 3. The number of aromatic amines is 1. The Morgan fingerprint density at radius 2 is 2.17 bits per heavy atom. The van der Waals surface area contributed by atoms with E-state index in [4.69, 9.17) is 17.3 Å². The van der Waals surface area contributed by atoms with Gasteiger partial charge in [0.1, 0.15) is 0 Å². The minimum Gasteiger partial charge on any atom is -0.398 e. The molecule has 0 aliphatic heterocycles. The SMILES string of the molecule is Nc1cc(-c2n[nH]c(-c3cccs3)n2)ccc1Cl. The highest BCUT2D eigenvalue weighted by Gasteiger charge is 2.09. The summed E-state index contributed by atoms with van der Waals surface area (Å²) in [4.78, 5) is 5.49. The summed E-state index contributed by atoms with van der Waals surface area (Å²) >= 11 is 7.49. The van der Waals surface area contributed by atoms with Crippen LogP contribution >= 0.6 is 22.9 Å². The number of benzene rings is 1. The summed E-state index contributed by atoms with van der Waals surface area (Å²) in [7, 11) is 0. The second-order valence-corrected chi connectivity index (χ2v) is 5.08. The Morgan fingerprint density at radius 1 is 1.28 bits per heavy atom. The number of rotatable bonds is 2. The van der Waals surface area contributed by atoms with E-state index in [1.807, 2.05) is 23.6 Å². The zero-order valence-corrected chi connectivity index (χ0v) is 10.8. The van der Waals surface area contributed by atoms with E-state index in [-0.39, 0.29) is 0 Å². The van der Waals surface area contributed by atoms with E-state index < -0.39 is 0 Å². The van der Waals surface area contributed by atoms with Gasteiger partial charge < -0.3 is 5.73 Å². The standard InChI is InChI=1S/C12H9ClN4S/c13-8-4-3-7(6-9(8)14)11-15-12(17-16-11)10-2-1-5-18-10/h1-6H,14H2,(H,15,16,17). The molecule has 90 valence electrons. The largest absolute Gasteiger partial charge is 0.398 e. The summed E-state index contributed by atoms with van der Waals surface area (Å²) in [6.07, 6.45) is 0. The maximum atomic E-state index is 5.88. The van der Waals surface area contributed by atoms with E-state index >= 15 is 0 Å². The van der Waals surface area contributed by atoms with E-state index in [0.29, 0.717) is 16.5 Å². The quantitative estimate of drug-likeness (QED) is 0.705. The molecule has 0 aliphatic carbocycles. The van der Waals surface area contributed by atoms with E-state index in [1.54, 1.807) is 23.5 Å². The van der Waals surface area contributed by atoms with Crippen LogP contribution in [0.3, 0.4) is 0 Å². The molecule has 3 rings (SSSR count). The van der Waals surface area contributed by atoms with Gasteiger partial charge in [-0.15, -0.1) is 11.3 Å². The van der Waals surface area contributed by atoms with Gasteiger partial charge in [0.05, 0.1) is 15.6 Å². The number of nitrogens with two attached hydrogens (primary N) is 1. The van der Waals surface area contributed by atoms with Gasteiger partial charge >= 0.3 is 0 Å². The number of hydrogen-bond acceptors (Lipinski definition) is 4. The average Bonchev–Trinajstić information content (AvgIpc) is 3.01. The summed E-state index contributed by atoms with van der Waals surface area (Å²) in [5, 5.41) is 9.63. The molecule has 0 fully saturated rings. The Labute approximate surface area is 112 Å². The molecule has 2 aromatic heterocycles. The monoisotopic (exact) mass is 276 g/mol.